The minimum Gasteiger partial charge on any atom is -0.348 e. The lowest BCUT2D eigenvalue weighted by Crippen LogP contribution is -2.48. The van der Waals surface area contributed by atoms with Crippen LogP contribution in [0.15, 0.2) is 66.7 Å². The molecule has 1 aliphatic heterocycles. The van der Waals surface area contributed by atoms with Crippen LogP contribution in [-0.4, -0.2) is 42.3 Å². The van der Waals surface area contributed by atoms with E-state index in [2.05, 4.69) is 28.5 Å². The molecule has 0 aliphatic carbocycles. The van der Waals surface area contributed by atoms with Gasteiger partial charge in [0.05, 0.1) is 0 Å². The summed E-state index contributed by atoms with van der Waals surface area (Å²) in [7, 11) is 0. The van der Waals surface area contributed by atoms with Crippen molar-refractivity contribution in [3.63, 3.8) is 0 Å². The fourth-order valence-corrected chi connectivity index (χ4v) is 4.32. The van der Waals surface area contributed by atoms with Crippen molar-refractivity contribution >= 4 is 11.7 Å². The van der Waals surface area contributed by atoms with E-state index in [0.717, 1.165) is 42.9 Å². The second kappa shape index (κ2) is 10.7. The van der Waals surface area contributed by atoms with Gasteiger partial charge in [-0.05, 0) is 60.9 Å². The Hall–Kier alpha value is -3.35. The van der Waals surface area contributed by atoms with Gasteiger partial charge in [0.1, 0.15) is 5.82 Å². The van der Waals surface area contributed by atoms with Crippen LogP contribution in [0.25, 0.3) is 11.1 Å². The summed E-state index contributed by atoms with van der Waals surface area (Å²) in [5.41, 5.74) is 4.20. The number of halogens is 1. The summed E-state index contributed by atoms with van der Waals surface area (Å²) in [6.45, 7) is 7.70. The first-order chi connectivity index (χ1) is 16.4. The van der Waals surface area contributed by atoms with E-state index >= 15 is 0 Å². The number of carbonyl (C=O) groups is 2. The van der Waals surface area contributed by atoms with Crippen molar-refractivity contribution in [2.24, 2.45) is 0 Å². The van der Waals surface area contributed by atoms with E-state index in [9.17, 15) is 14.0 Å². The number of nitrogens with one attached hydrogen (secondary N) is 2. The minimum absolute atomic E-state index is 0.0912. The van der Waals surface area contributed by atoms with Gasteiger partial charge < -0.3 is 10.6 Å². The van der Waals surface area contributed by atoms with Crippen LogP contribution in [0, 0.1) is 5.82 Å². The van der Waals surface area contributed by atoms with Crippen LogP contribution in [-0.2, 0) is 13.1 Å². The molecule has 6 heteroatoms. The number of hydrogen-bond donors (Lipinski definition) is 2. The van der Waals surface area contributed by atoms with Gasteiger partial charge in [-0.1, -0.05) is 36.4 Å². The van der Waals surface area contributed by atoms with E-state index in [4.69, 9.17) is 0 Å². The van der Waals surface area contributed by atoms with Gasteiger partial charge in [-0.3, -0.25) is 14.5 Å². The molecule has 1 amide bonds. The molecule has 1 fully saturated rings. The fraction of sp³-hybridized carbons (Fsp3) is 0.286. The van der Waals surface area contributed by atoms with Crippen LogP contribution in [0.3, 0.4) is 0 Å². The van der Waals surface area contributed by atoms with Crippen LogP contribution in [0.5, 0.6) is 0 Å². The molecule has 1 saturated heterocycles. The van der Waals surface area contributed by atoms with Crippen LogP contribution >= 0.6 is 0 Å². The van der Waals surface area contributed by atoms with Crippen LogP contribution in [0.2, 0.25) is 0 Å². The number of benzene rings is 3. The van der Waals surface area contributed by atoms with Crippen LogP contribution < -0.4 is 10.6 Å². The molecule has 3 aromatic carbocycles. The topological polar surface area (TPSA) is 61.4 Å². The molecule has 4 rings (SSSR count). The molecular weight excluding hydrogens is 429 g/mol. The number of nitrogens with zero attached hydrogens (tertiary/aromatic N) is 1. The van der Waals surface area contributed by atoms with Gasteiger partial charge >= 0.3 is 0 Å². The molecule has 5 nitrogen and oxygen atoms in total. The van der Waals surface area contributed by atoms with Gasteiger partial charge in [-0.25, -0.2) is 4.39 Å². The molecule has 0 radical (unpaired) electrons. The number of amides is 1. The Kier molecular flexibility index (Phi) is 7.50. The maximum Gasteiger partial charge on any atom is 0.251 e. The fourth-order valence-electron chi connectivity index (χ4n) is 4.32. The first-order valence-corrected chi connectivity index (χ1v) is 11.6. The van der Waals surface area contributed by atoms with E-state index in [-0.39, 0.29) is 24.1 Å². The zero-order valence-electron chi connectivity index (χ0n) is 19.6. The van der Waals surface area contributed by atoms with Crippen molar-refractivity contribution in [1.82, 2.24) is 15.5 Å². The molecular formula is C28H30FN3O2. The number of ketones is 1. The lowest BCUT2D eigenvalue weighted by molar-refractivity contribution is 0.0951. The molecule has 3 aromatic rings. The van der Waals surface area contributed by atoms with Gasteiger partial charge in [-0.15, -0.1) is 0 Å². The molecule has 1 heterocycles. The zero-order chi connectivity index (χ0) is 24.1. The molecule has 0 bridgehead atoms. The third-order valence-corrected chi connectivity index (χ3v) is 6.11. The number of rotatable bonds is 7. The summed E-state index contributed by atoms with van der Waals surface area (Å²) >= 11 is 0. The molecule has 34 heavy (non-hydrogen) atoms. The highest BCUT2D eigenvalue weighted by molar-refractivity contribution is 5.99. The first-order valence-electron chi connectivity index (χ1n) is 11.6. The Morgan fingerprint density at radius 3 is 2.62 bits per heavy atom. The molecule has 1 aliphatic rings. The monoisotopic (exact) mass is 459 g/mol. The highest BCUT2D eigenvalue weighted by atomic mass is 19.1. The molecule has 0 saturated carbocycles. The lowest BCUT2D eigenvalue weighted by Gasteiger charge is -2.31. The van der Waals surface area contributed by atoms with E-state index in [1.165, 1.54) is 13.0 Å². The summed E-state index contributed by atoms with van der Waals surface area (Å²) in [4.78, 5) is 26.6. The third kappa shape index (κ3) is 5.95. The Morgan fingerprint density at radius 1 is 1.03 bits per heavy atom. The third-order valence-electron chi connectivity index (χ3n) is 6.11. The number of Topliss-reactive ketones (excluding diaryl/α,β-unsaturated/α-hetero) is 1. The van der Waals surface area contributed by atoms with Crippen LogP contribution in [0.1, 0.15) is 45.7 Å². The standard InChI is InChI=1S/C28H30FN3O2/c1-19-17-32(12-11-30-19)18-22-5-3-7-24(13-22)26-14-21(9-10-27(26)29)16-31-28(34)25-8-4-6-23(15-25)20(2)33/h3-10,13-15,19,30H,11-12,16-18H2,1-2H3,(H,31,34)/t19-/m0/s1. The van der Waals surface area contributed by atoms with Crippen LogP contribution in [0.4, 0.5) is 4.39 Å². The molecule has 1 atom stereocenters. The number of hydrogen-bond acceptors (Lipinski definition) is 4. The smallest absolute Gasteiger partial charge is 0.251 e. The molecule has 0 unspecified atom stereocenters. The summed E-state index contributed by atoms with van der Waals surface area (Å²) in [6.07, 6.45) is 0. The normalized spacial score (nSPS) is 16.3. The Labute approximate surface area is 200 Å². The quantitative estimate of drug-likeness (QED) is 0.514. The Bertz CT molecular complexity index is 1190. The van der Waals surface area contributed by atoms with Crippen molar-refractivity contribution in [2.75, 3.05) is 19.6 Å². The highest BCUT2D eigenvalue weighted by Gasteiger charge is 2.16. The van der Waals surface area contributed by atoms with E-state index < -0.39 is 0 Å². The predicted octanol–water partition coefficient (Wildman–Crippen LogP) is 4.42. The Balaban J connectivity index is 1.46. The van der Waals surface area contributed by atoms with E-state index in [1.54, 1.807) is 36.4 Å². The number of carbonyl (C=O) groups excluding carboxylic acids is 2. The largest absolute Gasteiger partial charge is 0.348 e. The maximum atomic E-state index is 14.7. The number of piperazine rings is 1. The van der Waals surface area contributed by atoms with Crippen molar-refractivity contribution in [3.05, 3.63) is 94.8 Å². The van der Waals surface area contributed by atoms with Crippen molar-refractivity contribution in [3.8, 4) is 11.1 Å². The van der Waals surface area contributed by atoms with Gasteiger partial charge in [0.25, 0.3) is 5.91 Å². The summed E-state index contributed by atoms with van der Waals surface area (Å²) in [5, 5.41) is 6.31. The van der Waals surface area contributed by atoms with Gasteiger partial charge in [0.15, 0.2) is 5.78 Å². The maximum absolute atomic E-state index is 14.7. The van der Waals surface area contributed by atoms with Gasteiger partial charge in [0, 0.05) is 55.5 Å². The summed E-state index contributed by atoms with van der Waals surface area (Å²) < 4.78 is 14.7. The summed E-state index contributed by atoms with van der Waals surface area (Å²) in [6, 6.07) is 20.0. The van der Waals surface area contributed by atoms with Gasteiger partial charge in [0.2, 0.25) is 0 Å². The van der Waals surface area contributed by atoms with Crippen molar-refractivity contribution < 1.29 is 14.0 Å². The first kappa shape index (κ1) is 23.8. The second-order valence-electron chi connectivity index (χ2n) is 8.92. The highest BCUT2D eigenvalue weighted by Crippen LogP contribution is 2.26. The average Bonchev–Trinajstić information content (AvgIpc) is 2.83. The van der Waals surface area contributed by atoms with Gasteiger partial charge in [-0.2, -0.15) is 0 Å². The summed E-state index contributed by atoms with van der Waals surface area (Å²) in [5.74, 6) is -0.662. The lowest BCUT2D eigenvalue weighted by atomic mass is 10.00. The second-order valence-corrected chi connectivity index (χ2v) is 8.92. The molecule has 176 valence electrons. The predicted molar refractivity (Wildman–Crippen MR) is 132 cm³/mol. The average molecular weight is 460 g/mol. The molecule has 0 aromatic heterocycles. The van der Waals surface area contributed by atoms with E-state index in [1.807, 2.05) is 18.2 Å². The zero-order valence-corrected chi connectivity index (χ0v) is 19.6. The SMILES string of the molecule is CC(=O)c1cccc(C(=O)NCc2ccc(F)c(-c3cccc(CN4CCN[C@@H](C)C4)c3)c2)c1. The van der Waals surface area contributed by atoms with Crippen molar-refractivity contribution in [1.29, 1.82) is 0 Å². The van der Waals surface area contributed by atoms with Crippen molar-refractivity contribution in [2.45, 2.75) is 33.0 Å². The minimum atomic E-state index is -0.294. The molecule has 0 spiro atoms. The molecule has 2 N–H and O–H groups in total. The Morgan fingerprint density at radius 2 is 1.82 bits per heavy atom. The van der Waals surface area contributed by atoms with E-state index in [0.29, 0.717) is 22.7 Å².